The number of methoxy groups -OCH3 is 2. The summed E-state index contributed by atoms with van der Waals surface area (Å²) in [5.74, 6) is -0.0945. The minimum absolute atomic E-state index is 0.0164. The number of nitrogens with one attached hydrogen (secondary N) is 1. The molecule has 0 aliphatic carbocycles. The summed E-state index contributed by atoms with van der Waals surface area (Å²) in [6.07, 6.45) is -3.26. The molecule has 28 heavy (non-hydrogen) atoms. The van der Waals surface area contributed by atoms with E-state index in [1.807, 2.05) is 0 Å². The second-order valence-electron chi connectivity index (χ2n) is 5.51. The maximum absolute atomic E-state index is 12.9. The van der Waals surface area contributed by atoms with Gasteiger partial charge in [0.2, 0.25) is 0 Å². The number of alkyl halides is 3. The summed E-state index contributed by atoms with van der Waals surface area (Å²) in [5.41, 5.74) is -0.565. The van der Waals surface area contributed by atoms with Crippen LogP contribution in [0.2, 0.25) is 0 Å². The van der Waals surface area contributed by atoms with E-state index in [1.165, 1.54) is 49.5 Å². The van der Waals surface area contributed by atoms with E-state index in [-0.39, 0.29) is 22.7 Å². The molecule has 0 aliphatic heterocycles. The number of nitrogens with zero attached hydrogens (tertiary/aromatic N) is 4. The average Bonchev–Trinajstić information content (AvgIpc) is 3.21. The van der Waals surface area contributed by atoms with Crippen molar-refractivity contribution < 1.29 is 27.4 Å². The maximum Gasteiger partial charge on any atom is 0.416 e. The summed E-state index contributed by atoms with van der Waals surface area (Å²) in [6.45, 7) is 0. The third kappa shape index (κ3) is 3.87. The van der Waals surface area contributed by atoms with Crippen molar-refractivity contribution in [1.82, 2.24) is 20.2 Å². The molecule has 0 saturated heterocycles. The van der Waals surface area contributed by atoms with E-state index in [4.69, 9.17) is 9.47 Å². The Morgan fingerprint density at radius 1 is 1.11 bits per heavy atom. The second kappa shape index (κ2) is 7.55. The van der Waals surface area contributed by atoms with E-state index >= 15 is 0 Å². The number of carbonyl (C=O) groups excluding carboxylic acids is 1. The molecular weight excluding hydrogens is 379 g/mol. The summed E-state index contributed by atoms with van der Waals surface area (Å²) >= 11 is 0. The number of tetrazole rings is 1. The lowest BCUT2D eigenvalue weighted by molar-refractivity contribution is -0.137. The molecule has 1 N–H and O–H groups in total. The molecule has 1 aromatic heterocycles. The molecule has 0 saturated carbocycles. The van der Waals surface area contributed by atoms with Crippen molar-refractivity contribution >= 4 is 11.6 Å². The number of carbonyl (C=O) groups is 1. The number of hydrogen-bond acceptors (Lipinski definition) is 6. The van der Waals surface area contributed by atoms with Crippen molar-refractivity contribution in [1.29, 1.82) is 0 Å². The Morgan fingerprint density at radius 2 is 1.82 bits per heavy atom. The molecule has 2 aromatic carbocycles. The first-order chi connectivity index (χ1) is 13.3. The van der Waals surface area contributed by atoms with Gasteiger partial charge in [-0.3, -0.25) is 4.79 Å². The third-order valence-corrected chi connectivity index (χ3v) is 3.79. The van der Waals surface area contributed by atoms with Gasteiger partial charge in [0.25, 0.3) is 5.91 Å². The fourth-order valence-corrected chi connectivity index (χ4v) is 2.48. The summed E-state index contributed by atoms with van der Waals surface area (Å²) in [4.78, 5) is 12.8. The number of benzene rings is 2. The highest BCUT2D eigenvalue weighted by molar-refractivity contribution is 6.07. The molecule has 0 aliphatic rings. The van der Waals surface area contributed by atoms with Gasteiger partial charge >= 0.3 is 6.18 Å². The van der Waals surface area contributed by atoms with Crippen LogP contribution in [0.1, 0.15) is 15.9 Å². The van der Waals surface area contributed by atoms with E-state index in [0.29, 0.717) is 5.75 Å². The van der Waals surface area contributed by atoms with Crippen LogP contribution >= 0.6 is 0 Å². The zero-order valence-corrected chi connectivity index (χ0v) is 14.7. The summed E-state index contributed by atoms with van der Waals surface area (Å²) in [5, 5.41) is 13.2. The van der Waals surface area contributed by atoms with Gasteiger partial charge in [-0.05, 0) is 34.7 Å². The van der Waals surface area contributed by atoms with Crippen LogP contribution in [0.15, 0.2) is 42.7 Å². The molecule has 0 radical (unpaired) electrons. The molecule has 0 bridgehead atoms. The fraction of sp³-hybridized carbons (Fsp3) is 0.176. The lowest BCUT2D eigenvalue weighted by atomic mass is 10.1. The number of rotatable bonds is 5. The number of anilines is 1. The molecule has 3 aromatic rings. The van der Waals surface area contributed by atoms with Gasteiger partial charge in [0.05, 0.1) is 31.0 Å². The first-order valence-electron chi connectivity index (χ1n) is 7.81. The molecule has 1 amide bonds. The van der Waals surface area contributed by atoms with E-state index in [0.717, 1.165) is 12.1 Å². The van der Waals surface area contributed by atoms with Crippen molar-refractivity contribution in [3.63, 3.8) is 0 Å². The predicted molar refractivity (Wildman–Crippen MR) is 91.7 cm³/mol. The highest BCUT2D eigenvalue weighted by Crippen LogP contribution is 2.33. The Hall–Kier alpha value is -3.63. The second-order valence-corrected chi connectivity index (χ2v) is 5.51. The van der Waals surface area contributed by atoms with Gasteiger partial charge in [-0.25, -0.2) is 0 Å². The van der Waals surface area contributed by atoms with Gasteiger partial charge in [-0.1, -0.05) is 6.07 Å². The summed E-state index contributed by atoms with van der Waals surface area (Å²) in [6, 6.07) is 7.18. The average molecular weight is 393 g/mol. The first-order valence-corrected chi connectivity index (χ1v) is 7.81. The number of ether oxygens (including phenoxy) is 2. The minimum Gasteiger partial charge on any atom is -0.493 e. The van der Waals surface area contributed by atoms with E-state index in [2.05, 4.69) is 20.8 Å². The molecule has 1 heterocycles. The van der Waals surface area contributed by atoms with Crippen LogP contribution in [-0.2, 0) is 6.18 Å². The van der Waals surface area contributed by atoms with Crippen molar-refractivity contribution in [3.8, 4) is 17.2 Å². The van der Waals surface area contributed by atoms with E-state index < -0.39 is 17.6 Å². The molecular formula is C17H14F3N5O3. The van der Waals surface area contributed by atoms with Gasteiger partial charge in [0.1, 0.15) is 6.33 Å². The highest BCUT2D eigenvalue weighted by Gasteiger charge is 2.30. The van der Waals surface area contributed by atoms with Crippen LogP contribution < -0.4 is 14.8 Å². The van der Waals surface area contributed by atoms with Crippen molar-refractivity contribution in [2.24, 2.45) is 0 Å². The van der Waals surface area contributed by atoms with Crippen molar-refractivity contribution in [2.45, 2.75) is 6.18 Å². The molecule has 0 unspecified atom stereocenters. The molecule has 0 atom stereocenters. The molecule has 0 spiro atoms. The number of amides is 1. The topological polar surface area (TPSA) is 91.2 Å². The normalized spacial score (nSPS) is 11.2. The van der Waals surface area contributed by atoms with Crippen LogP contribution in [0.4, 0.5) is 18.9 Å². The third-order valence-electron chi connectivity index (χ3n) is 3.79. The number of hydrogen-bond donors (Lipinski definition) is 1. The monoisotopic (exact) mass is 393 g/mol. The fourth-order valence-electron chi connectivity index (χ4n) is 2.48. The molecule has 0 fully saturated rings. The molecule has 11 heteroatoms. The molecule has 8 nitrogen and oxygen atoms in total. The lowest BCUT2D eigenvalue weighted by Crippen LogP contribution is -2.16. The minimum atomic E-state index is -4.53. The SMILES string of the molecule is COc1cc(C(=O)Nc2cccc(C(F)(F)F)c2)c(-n2cnnn2)cc1OC. The Bertz CT molecular complexity index is 990. The van der Waals surface area contributed by atoms with Crippen molar-refractivity contribution in [3.05, 3.63) is 53.9 Å². The number of halogens is 3. The molecule has 146 valence electrons. The van der Waals surface area contributed by atoms with Gasteiger partial charge < -0.3 is 14.8 Å². The van der Waals surface area contributed by atoms with Crippen LogP contribution in [-0.4, -0.2) is 40.3 Å². The Labute approximate surface area is 156 Å². The lowest BCUT2D eigenvalue weighted by Gasteiger charge is -2.15. The quantitative estimate of drug-likeness (QED) is 0.717. The number of aromatic nitrogens is 4. The van der Waals surface area contributed by atoms with Crippen LogP contribution in [0.3, 0.4) is 0 Å². The van der Waals surface area contributed by atoms with Gasteiger partial charge in [-0.2, -0.15) is 17.9 Å². The Balaban J connectivity index is 2.01. The van der Waals surface area contributed by atoms with Crippen LogP contribution in [0.25, 0.3) is 5.69 Å². The maximum atomic E-state index is 12.9. The molecule has 3 rings (SSSR count). The largest absolute Gasteiger partial charge is 0.493 e. The van der Waals surface area contributed by atoms with E-state index in [9.17, 15) is 18.0 Å². The van der Waals surface area contributed by atoms with E-state index in [1.54, 1.807) is 0 Å². The standard InChI is InChI=1S/C17H14F3N5O3/c1-27-14-7-12(13(8-15(14)28-2)25-9-21-23-24-25)16(26)22-11-5-3-4-10(6-11)17(18,19)20/h3-9H,1-2H3,(H,22,26). The Kier molecular flexibility index (Phi) is 5.16. The highest BCUT2D eigenvalue weighted by atomic mass is 19.4. The van der Waals surface area contributed by atoms with Crippen molar-refractivity contribution in [2.75, 3.05) is 19.5 Å². The smallest absolute Gasteiger partial charge is 0.416 e. The summed E-state index contributed by atoms with van der Waals surface area (Å²) in [7, 11) is 2.81. The van der Waals surface area contributed by atoms with Gasteiger partial charge in [0, 0.05) is 11.8 Å². The summed E-state index contributed by atoms with van der Waals surface area (Å²) < 4.78 is 50.3. The van der Waals surface area contributed by atoms with Crippen LogP contribution in [0.5, 0.6) is 11.5 Å². The predicted octanol–water partition coefficient (Wildman–Crippen LogP) is 2.95. The zero-order chi connectivity index (χ0) is 20.3. The first kappa shape index (κ1) is 19.1. The van der Waals surface area contributed by atoms with Gasteiger partial charge in [0.15, 0.2) is 11.5 Å². The van der Waals surface area contributed by atoms with Crippen LogP contribution in [0, 0.1) is 0 Å². The Morgan fingerprint density at radius 3 is 2.43 bits per heavy atom. The zero-order valence-electron chi connectivity index (χ0n) is 14.7. The van der Waals surface area contributed by atoms with Gasteiger partial charge in [-0.15, -0.1) is 5.10 Å².